The van der Waals surface area contributed by atoms with Crippen molar-refractivity contribution in [2.45, 2.75) is 114 Å². The molecule has 39 heteroatoms. The number of allylic oxidation sites excluding steroid dienone is 1. The van der Waals surface area contributed by atoms with Crippen LogP contribution < -0.4 is 32.3 Å². The van der Waals surface area contributed by atoms with Crippen LogP contribution in [0.2, 0.25) is 0 Å². The number of fused-ring (bicyclic) bond motifs is 15. The van der Waals surface area contributed by atoms with Gasteiger partial charge in [-0.1, -0.05) is 12.1 Å². The van der Waals surface area contributed by atoms with E-state index in [1.165, 1.54) is 60.0 Å². The number of carbonyl (C=O) groups is 8. The molecule has 7 aromatic heterocycles. The number of pyridine rings is 1. The van der Waals surface area contributed by atoms with Crippen LogP contribution in [0.3, 0.4) is 0 Å². The number of aromatic hydroxyl groups is 1. The van der Waals surface area contributed by atoms with Crippen LogP contribution in [0.5, 0.6) is 5.75 Å². The number of benzene rings is 1. The number of amides is 6. The third-order valence-corrected chi connectivity index (χ3v) is 21.9. The predicted octanol–water partition coefficient (Wildman–Crippen LogP) is 2.67. The summed E-state index contributed by atoms with van der Waals surface area (Å²) >= 11 is 4.46. The Hall–Kier alpha value is -9.36. The highest BCUT2D eigenvalue weighted by Gasteiger charge is 2.50. The summed E-state index contributed by atoms with van der Waals surface area (Å²) in [6, 6.07) is -0.606. The summed E-state index contributed by atoms with van der Waals surface area (Å²) in [6.45, 7) is 4.10. The van der Waals surface area contributed by atoms with Gasteiger partial charge in [0.1, 0.15) is 126 Å². The number of carbonyl (C=O) groups excluding carboxylic acids is 8. The van der Waals surface area contributed by atoms with E-state index in [0.717, 1.165) is 56.7 Å². The molecule has 1 fully saturated rings. The molecule has 34 nitrogen and oxygen atoms in total. The number of methoxy groups -OCH3 is 1. The molecule has 544 valence electrons. The Bertz CT molecular complexity index is 4670. The number of nitrogens with one attached hydrogen (secondary N) is 5. The summed E-state index contributed by atoms with van der Waals surface area (Å²) in [5, 5.41) is 77.4. The first-order chi connectivity index (χ1) is 49.1. The summed E-state index contributed by atoms with van der Waals surface area (Å²) in [7, 11) is 6.45. The largest absolute Gasteiger partial charge is 0.506 e. The Balaban J connectivity index is 1.02. The first-order valence-electron chi connectivity index (χ1n) is 31.7. The van der Waals surface area contributed by atoms with Crippen molar-refractivity contribution in [3.05, 3.63) is 112 Å². The predicted molar refractivity (Wildman–Crippen MR) is 369 cm³/mol. The Kier molecular flexibility index (Phi) is 21.5. The molecule has 4 aliphatic heterocycles. The van der Waals surface area contributed by atoms with Crippen LogP contribution in [-0.2, 0) is 56.0 Å². The normalized spacial score (nSPS) is 23.9. The minimum absolute atomic E-state index is 0.00527. The molecule has 1 unspecified atom stereocenters. The smallest absolute Gasteiger partial charge is 0.358 e. The van der Waals surface area contributed by atoms with Gasteiger partial charge in [-0.15, -0.1) is 56.7 Å². The number of nitrogens with zero attached hydrogens (tertiary/aromatic N) is 9. The number of likely N-dealkylation sites (N-methyl/N-ethyl adjacent to an activating group) is 2. The summed E-state index contributed by atoms with van der Waals surface area (Å²) in [6.07, 6.45) is -7.59. The fraction of sp³-hybridized carbons (Fsp3) is 0.406. The van der Waals surface area contributed by atoms with Crippen LogP contribution in [0.1, 0.15) is 125 Å². The fourth-order valence-electron chi connectivity index (χ4n) is 12.5. The van der Waals surface area contributed by atoms with Gasteiger partial charge in [-0.25, -0.2) is 39.5 Å². The lowest BCUT2D eigenvalue weighted by Crippen LogP contribution is -2.62. The van der Waals surface area contributed by atoms with E-state index in [2.05, 4.69) is 41.5 Å². The first kappa shape index (κ1) is 73.4. The number of aliphatic hydroxyl groups excluding tert-OH is 2. The van der Waals surface area contributed by atoms with Crippen molar-refractivity contribution in [1.82, 2.24) is 71.0 Å². The number of thiazole rings is 5. The van der Waals surface area contributed by atoms with E-state index in [9.17, 15) is 44.8 Å². The van der Waals surface area contributed by atoms with Crippen molar-refractivity contribution in [2.75, 3.05) is 54.6 Å². The maximum absolute atomic E-state index is 15.2. The van der Waals surface area contributed by atoms with Gasteiger partial charge in [0.05, 0.1) is 49.7 Å². The number of hydrogen-bond donors (Lipinski definition) is 11. The highest BCUT2D eigenvalue weighted by Crippen LogP contribution is 2.43. The van der Waals surface area contributed by atoms with Crippen molar-refractivity contribution in [2.24, 2.45) is 5.73 Å². The maximum Gasteiger partial charge on any atom is 0.358 e. The molecule has 8 aromatic rings. The minimum Gasteiger partial charge on any atom is -0.506 e. The average Bonchev–Trinajstić information content (AvgIpc) is 1.68. The van der Waals surface area contributed by atoms with Gasteiger partial charge in [0, 0.05) is 62.9 Å². The first-order valence-corrected chi connectivity index (χ1v) is 36.1. The minimum atomic E-state index is -1.93. The second-order valence-corrected chi connectivity index (χ2v) is 29.3. The number of primary amides is 1. The molecule has 12 N–H and O–H groups in total. The molecule has 0 aliphatic carbocycles. The molecule has 11 atom stereocenters. The van der Waals surface area contributed by atoms with Crippen molar-refractivity contribution in [3.63, 3.8) is 0 Å². The van der Waals surface area contributed by atoms with Crippen LogP contribution >= 0.6 is 56.7 Å². The zero-order valence-electron chi connectivity index (χ0n) is 56.0. The lowest BCUT2D eigenvalue weighted by Gasteiger charge is -2.48. The van der Waals surface area contributed by atoms with Gasteiger partial charge >= 0.3 is 11.9 Å². The van der Waals surface area contributed by atoms with Gasteiger partial charge in [-0.05, 0) is 66.5 Å². The molecule has 11 heterocycles. The van der Waals surface area contributed by atoms with Crippen LogP contribution in [0.25, 0.3) is 49.3 Å². The third kappa shape index (κ3) is 15.1. The van der Waals surface area contributed by atoms with Crippen molar-refractivity contribution in [3.8, 4) is 38.4 Å². The van der Waals surface area contributed by atoms with Gasteiger partial charge in [0.2, 0.25) is 11.8 Å². The Labute approximate surface area is 604 Å². The highest BCUT2D eigenvalue weighted by molar-refractivity contribution is 7.14. The summed E-state index contributed by atoms with van der Waals surface area (Å²) in [4.78, 5) is 147. The van der Waals surface area contributed by atoms with Crippen LogP contribution in [-0.4, -0.2) is 226 Å². The van der Waals surface area contributed by atoms with Crippen molar-refractivity contribution in [1.29, 1.82) is 0 Å². The standard InChI is InChI=1S/C64H69N15O19S5/c1-25(81)42-56(88)75-43(26(2)93-8)59-70-37(24-101-59)55(87)76-46-48-49(98-40-15-64(4,91)50(77(5)6)27(3)97-40)63(90)95-17-28-10-9-11-38-41(28)30(18-94-48)47(79(38)92)62(89)96-19-32(67-53(85)35-23-103-61(46)72-35)58-68-33(20-100-58)44-29(57-69-36(21-99-57)54(86)74-42)14-39(82)45(73-44)60-71-34(22-102-60)52(84)66-31(51(65)83)16-78(7)12-13-80/h9-11,14,20-25,27,31-32,40,42,46,48-50,80-82,91-92H,12-13,15-19H2,1-8H3,(H2,65,83)(H,66,84)(H,67,85)(H,74,86)(H,75,88)(H,76,87)/b43-26+/t25-,27+,31?,32+,40+,42+,46+,48+,49+,50-,64+/m1/s1. The van der Waals surface area contributed by atoms with Crippen LogP contribution in [0.15, 0.2) is 56.9 Å². The lowest BCUT2D eigenvalue weighted by atomic mass is 9.85. The molecule has 0 saturated carbocycles. The number of cyclic esters (lactones) is 2. The number of hydrogen-bond acceptors (Lipinski definition) is 32. The third-order valence-electron chi connectivity index (χ3n) is 17.4. The van der Waals surface area contributed by atoms with Gasteiger partial charge in [-0.3, -0.25) is 28.8 Å². The Morgan fingerprint density at radius 3 is 2.23 bits per heavy atom. The molecule has 1 aromatic carbocycles. The van der Waals surface area contributed by atoms with Crippen LogP contribution in [0.4, 0.5) is 0 Å². The summed E-state index contributed by atoms with van der Waals surface area (Å²) < 4.78 is 38.3. The molecular weight excluding hydrogens is 1440 g/mol. The monoisotopic (exact) mass is 1510 g/mol. The SMILES string of the molecule is CO/C(C)=C1/NC(=O)[C@H]([C@@H](C)O)NC(=O)c2csc(n2)-c2cc(O)c(-c3nc(C(=O)NC(CN(C)CCO)C(N)=O)cs3)nc2-c2csc(n2)[C@@H]2COC(=O)c3c4c5c(cccc5n3O)COC(=O)[C@@H](O[C@H]3C[C@](C)(O)[C@H](N(C)C)[C@H](C)O3)[C@@H](OC4)[C@H](NC(=O)c3csc1n3)c1nc(cs1)C(=O)N2. The van der Waals surface area contributed by atoms with E-state index in [1.807, 2.05) is 0 Å². The molecular formula is C64H69N15O19S5. The van der Waals surface area contributed by atoms with Gasteiger partial charge in [0.15, 0.2) is 18.1 Å². The number of nitrogens with two attached hydrogens (primary N) is 1. The number of aromatic nitrogens is 7. The molecule has 4 aliphatic rings. The summed E-state index contributed by atoms with van der Waals surface area (Å²) in [5.74, 6) is -8.13. The average molecular weight is 1510 g/mol. The molecule has 0 radical (unpaired) electrons. The van der Waals surface area contributed by atoms with E-state index < -0.39 is 145 Å². The molecule has 12 bridgehead atoms. The molecule has 1 saturated heterocycles. The number of ether oxygens (including phenoxy) is 6. The zero-order chi connectivity index (χ0) is 73.6. The van der Waals surface area contributed by atoms with Crippen molar-refractivity contribution < 1.29 is 92.4 Å². The van der Waals surface area contributed by atoms with Gasteiger partial charge in [-0.2, -0.15) is 4.73 Å². The molecule has 6 amide bonds. The van der Waals surface area contributed by atoms with E-state index >= 15 is 19.2 Å². The fourth-order valence-corrected chi connectivity index (χ4v) is 16.7. The number of esters is 2. The maximum atomic E-state index is 15.2. The van der Waals surface area contributed by atoms with E-state index in [4.69, 9.17) is 49.1 Å². The molecule has 103 heavy (non-hydrogen) atoms. The molecule has 12 rings (SSSR count). The Morgan fingerprint density at radius 1 is 0.854 bits per heavy atom. The van der Waals surface area contributed by atoms with Gasteiger partial charge in [0.25, 0.3) is 23.6 Å². The lowest BCUT2D eigenvalue weighted by molar-refractivity contribution is -0.280. The second-order valence-electron chi connectivity index (χ2n) is 24.9. The zero-order valence-corrected chi connectivity index (χ0v) is 60.1. The number of aliphatic hydroxyl groups is 3. The second kappa shape index (κ2) is 30.1. The van der Waals surface area contributed by atoms with E-state index in [1.54, 1.807) is 56.9 Å². The topological polar surface area (TPSA) is 468 Å². The van der Waals surface area contributed by atoms with E-state index in [-0.39, 0.29) is 124 Å². The molecule has 0 spiro atoms. The van der Waals surface area contributed by atoms with Crippen molar-refractivity contribution >= 4 is 121 Å². The van der Waals surface area contributed by atoms with Crippen LogP contribution in [0, 0.1) is 0 Å². The number of rotatable bonds is 13. The summed E-state index contributed by atoms with van der Waals surface area (Å²) in [5.41, 5.74) is 2.73. The quantitative estimate of drug-likeness (QED) is 0.0449. The Morgan fingerprint density at radius 2 is 1.52 bits per heavy atom. The van der Waals surface area contributed by atoms with E-state index in [0.29, 0.717) is 10.3 Å². The highest BCUT2D eigenvalue weighted by atomic mass is 32.1. The van der Waals surface area contributed by atoms with Gasteiger partial charge < -0.3 is 96.2 Å².